The van der Waals surface area contributed by atoms with E-state index in [2.05, 4.69) is 9.88 Å². The SMILES string of the molecule is C/C=C\C(=C/C(C)C)NC(=O)c1c(-c2ccccc2)c(-c2ccc(F)cc2)n(CC[C@@H](O)C[C@@H](O)CC(=O)CC)c1C(C)C. The molecule has 6 nitrogen and oxygen atoms in total. The molecule has 3 aromatic rings. The minimum atomic E-state index is -0.928. The first kappa shape index (κ1) is 34.7. The van der Waals surface area contributed by atoms with Gasteiger partial charge in [-0.2, -0.15) is 0 Å². The van der Waals surface area contributed by atoms with Gasteiger partial charge in [0.05, 0.1) is 23.5 Å². The molecule has 0 saturated heterocycles. The summed E-state index contributed by atoms with van der Waals surface area (Å²) in [5.74, 6) is -0.549. The van der Waals surface area contributed by atoms with Crippen LogP contribution in [0.25, 0.3) is 22.4 Å². The van der Waals surface area contributed by atoms with Gasteiger partial charge in [-0.25, -0.2) is 4.39 Å². The van der Waals surface area contributed by atoms with Crippen LogP contribution in [-0.4, -0.2) is 38.7 Å². The highest BCUT2D eigenvalue weighted by molar-refractivity contribution is 6.07. The summed E-state index contributed by atoms with van der Waals surface area (Å²) < 4.78 is 16.2. The summed E-state index contributed by atoms with van der Waals surface area (Å²) in [5, 5.41) is 24.5. The molecule has 3 N–H and O–H groups in total. The Kier molecular flexibility index (Phi) is 12.9. The molecule has 0 saturated carbocycles. The molecule has 3 rings (SSSR count). The highest BCUT2D eigenvalue weighted by atomic mass is 19.1. The number of carbonyl (C=O) groups is 2. The van der Waals surface area contributed by atoms with Gasteiger partial charge in [-0.3, -0.25) is 9.59 Å². The van der Waals surface area contributed by atoms with Gasteiger partial charge in [0.2, 0.25) is 0 Å². The number of hydrogen-bond donors (Lipinski definition) is 3. The molecule has 0 aliphatic carbocycles. The monoisotopic (exact) mass is 602 g/mol. The Bertz CT molecular complexity index is 1450. The van der Waals surface area contributed by atoms with Crippen molar-refractivity contribution in [1.29, 1.82) is 0 Å². The van der Waals surface area contributed by atoms with Crippen LogP contribution in [0, 0.1) is 11.7 Å². The number of aliphatic hydroxyl groups excluding tert-OH is 2. The lowest BCUT2D eigenvalue weighted by Crippen LogP contribution is -2.25. The summed E-state index contributed by atoms with van der Waals surface area (Å²) in [6.07, 6.45) is 4.66. The van der Waals surface area contributed by atoms with E-state index in [4.69, 9.17) is 0 Å². The molecule has 2 atom stereocenters. The molecular formula is C37H47FN2O4. The number of allylic oxidation sites excluding steroid dienone is 3. The molecule has 0 spiro atoms. The lowest BCUT2D eigenvalue weighted by atomic mass is 9.94. The number of carbonyl (C=O) groups excluding carboxylic acids is 2. The summed E-state index contributed by atoms with van der Waals surface area (Å²) in [7, 11) is 0. The van der Waals surface area contributed by atoms with Crippen molar-refractivity contribution in [3.8, 4) is 22.4 Å². The molecule has 0 aliphatic heterocycles. The number of benzene rings is 2. The maximum absolute atomic E-state index is 14.3. The molecule has 1 aromatic heterocycles. The van der Waals surface area contributed by atoms with Crippen molar-refractivity contribution in [2.75, 3.05) is 0 Å². The zero-order valence-corrected chi connectivity index (χ0v) is 26.8. The Morgan fingerprint density at radius 3 is 2.18 bits per heavy atom. The van der Waals surface area contributed by atoms with Crippen LogP contribution in [0.3, 0.4) is 0 Å². The fourth-order valence-electron chi connectivity index (χ4n) is 5.56. The van der Waals surface area contributed by atoms with Crippen molar-refractivity contribution >= 4 is 11.7 Å². The minimum absolute atomic E-state index is 0.00998. The number of aliphatic hydroxyl groups is 2. The number of ketones is 1. The Labute approximate surface area is 261 Å². The summed E-state index contributed by atoms with van der Waals surface area (Å²) in [6, 6.07) is 15.9. The third-order valence-corrected chi connectivity index (χ3v) is 7.46. The van der Waals surface area contributed by atoms with Gasteiger partial charge in [0, 0.05) is 36.3 Å². The third-order valence-electron chi connectivity index (χ3n) is 7.46. The number of halogens is 1. The lowest BCUT2D eigenvalue weighted by Gasteiger charge is -2.20. The first-order valence-electron chi connectivity index (χ1n) is 15.6. The first-order chi connectivity index (χ1) is 21.0. The number of aromatic nitrogens is 1. The van der Waals surface area contributed by atoms with Gasteiger partial charge in [0.25, 0.3) is 5.91 Å². The van der Waals surface area contributed by atoms with Gasteiger partial charge < -0.3 is 20.1 Å². The number of amides is 1. The van der Waals surface area contributed by atoms with Gasteiger partial charge in [-0.05, 0) is 73.1 Å². The summed E-state index contributed by atoms with van der Waals surface area (Å²) in [6.45, 7) is 12.1. The maximum Gasteiger partial charge on any atom is 0.258 e. The van der Waals surface area contributed by atoms with Gasteiger partial charge in [0.1, 0.15) is 11.6 Å². The molecule has 2 aromatic carbocycles. The zero-order chi connectivity index (χ0) is 32.4. The second-order valence-electron chi connectivity index (χ2n) is 11.9. The molecule has 0 bridgehead atoms. The molecule has 0 radical (unpaired) electrons. The van der Waals surface area contributed by atoms with Crippen LogP contribution in [0.5, 0.6) is 0 Å². The van der Waals surface area contributed by atoms with E-state index in [1.807, 2.05) is 83.2 Å². The predicted molar refractivity (Wildman–Crippen MR) is 176 cm³/mol. The molecular weight excluding hydrogens is 555 g/mol. The van der Waals surface area contributed by atoms with Crippen molar-refractivity contribution in [2.24, 2.45) is 5.92 Å². The Balaban J connectivity index is 2.24. The molecule has 1 heterocycles. The Morgan fingerprint density at radius 2 is 1.61 bits per heavy atom. The molecule has 236 valence electrons. The van der Waals surface area contributed by atoms with Crippen LogP contribution in [0.2, 0.25) is 0 Å². The molecule has 0 unspecified atom stereocenters. The van der Waals surface area contributed by atoms with Crippen molar-refractivity contribution in [1.82, 2.24) is 9.88 Å². The number of nitrogens with zero attached hydrogens (tertiary/aromatic N) is 1. The molecule has 44 heavy (non-hydrogen) atoms. The van der Waals surface area contributed by atoms with E-state index in [-0.39, 0.29) is 48.6 Å². The van der Waals surface area contributed by atoms with Gasteiger partial charge in [-0.15, -0.1) is 0 Å². The normalized spacial score (nSPS) is 13.6. The molecule has 7 heteroatoms. The van der Waals surface area contributed by atoms with Crippen LogP contribution in [0.4, 0.5) is 4.39 Å². The van der Waals surface area contributed by atoms with E-state index < -0.39 is 12.2 Å². The van der Waals surface area contributed by atoms with E-state index >= 15 is 0 Å². The fourth-order valence-corrected chi connectivity index (χ4v) is 5.56. The average Bonchev–Trinajstić information content (AvgIpc) is 3.32. The van der Waals surface area contributed by atoms with Crippen molar-refractivity contribution in [3.63, 3.8) is 0 Å². The van der Waals surface area contributed by atoms with Crippen LogP contribution >= 0.6 is 0 Å². The van der Waals surface area contributed by atoms with Crippen molar-refractivity contribution in [3.05, 3.63) is 95.6 Å². The Morgan fingerprint density at radius 1 is 0.955 bits per heavy atom. The topological polar surface area (TPSA) is 91.6 Å². The van der Waals surface area contributed by atoms with Crippen LogP contribution in [-0.2, 0) is 11.3 Å². The van der Waals surface area contributed by atoms with E-state index in [1.54, 1.807) is 19.1 Å². The predicted octanol–water partition coefficient (Wildman–Crippen LogP) is 7.80. The number of hydrogen-bond acceptors (Lipinski definition) is 4. The van der Waals surface area contributed by atoms with E-state index in [9.17, 15) is 24.2 Å². The highest BCUT2D eigenvalue weighted by Crippen LogP contribution is 2.42. The maximum atomic E-state index is 14.3. The quantitative estimate of drug-likeness (QED) is 0.155. The third kappa shape index (κ3) is 9.10. The van der Waals surface area contributed by atoms with Crippen LogP contribution in [0.1, 0.15) is 89.2 Å². The summed E-state index contributed by atoms with van der Waals surface area (Å²) in [5.41, 5.74) is 5.06. The second-order valence-corrected chi connectivity index (χ2v) is 11.9. The number of rotatable bonds is 15. The van der Waals surface area contributed by atoms with Gasteiger partial charge >= 0.3 is 0 Å². The zero-order valence-electron chi connectivity index (χ0n) is 26.8. The van der Waals surface area contributed by atoms with Crippen molar-refractivity contribution in [2.45, 2.75) is 91.9 Å². The highest BCUT2D eigenvalue weighted by Gasteiger charge is 2.31. The van der Waals surface area contributed by atoms with Crippen LogP contribution in [0.15, 0.2) is 78.5 Å². The average molecular weight is 603 g/mol. The second kappa shape index (κ2) is 16.3. The van der Waals surface area contributed by atoms with E-state index in [0.29, 0.717) is 24.2 Å². The molecule has 1 amide bonds. The smallest absolute Gasteiger partial charge is 0.258 e. The number of Topliss-reactive ketones (excluding diaryl/α,β-unsaturated/α-hetero) is 1. The van der Waals surface area contributed by atoms with Gasteiger partial charge in [-0.1, -0.05) is 77.1 Å². The molecule has 0 fully saturated rings. The van der Waals surface area contributed by atoms with Crippen molar-refractivity contribution < 1.29 is 24.2 Å². The standard InChI is InChI=1S/C37H47FN2O4/c1-7-12-29(21-24(3)4)39-37(44)34-33(26-13-10-9-11-14-26)36(27-15-17-28(38)18-16-27)40(35(34)25(5)6)20-19-31(42)23-32(43)22-30(41)8-2/h7,9-18,21,24-25,31-32,42-43H,8,19-20,22-23H2,1-6H3,(H,39,44)/b12-7-,29-21+/t31-,32+/m1/s1. The van der Waals surface area contributed by atoms with Crippen LogP contribution < -0.4 is 5.32 Å². The summed E-state index contributed by atoms with van der Waals surface area (Å²) in [4.78, 5) is 26.1. The van der Waals surface area contributed by atoms with E-state index in [1.165, 1.54) is 12.1 Å². The molecule has 0 aliphatic rings. The summed E-state index contributed by atoms with van der Waals surface area (Å²) >= 11 is 0. The Hall–Kier alpha value is -3.81. The van der Waals surface area contributed by atoms with E-state index in [0.717, 1.165) is 28.1 Å². The largest absolute Gasteiger partial charge is 0.393 e. The lowest BCUT2D eigenvalue weighted by molar-refractivity contribution is -0.121. The first-order valence-corrected chi connectivity index (χ1v) is 15.6. The fraction of sp³-hybridized carbons (Fsp3) is 0.405. The van der Waals surface area contributed by atoms with Gasteiger partial charge in [0.15, 0.2) is 0 Å². The minimum Gasteiger partial charge on any atom is -0.393 e. The number of nitrogens with one attached hydrogen (secondary N) is 1.